The average molecular weight is 467 g/mol. The molecule has 0 aliphatic heterocycles. The van der Waals surface area contributed by atoms with Crippen molar-refractivity contribution in [1.82, 2.24) is 16.2 Å². The highest BCUT2D eigenvalue weighted by Crippen LogP contribution is 2.21. The molecular formula is C17H15BrN4O5S. The molecule has 0 aliphatic carbocycles. The Balaban J connectivity index is 1.79. The second kappa shape index (κ2) is 9.76. The Morgan fingerprint density at radius 2 is 1.96 bits per heavy atom. The van der Waals surface area contributed by atoms with Gasteiger partial charge >= 0.3 is 0 Å². The van der Waals surface area contributed by atoms with Crippen LogP contribution in [0.5, 0.6) is 5.75 Å². The predicted octanol–water partition coefficient (Wildman–Crippen LogP) is 2.38. The van der Waals surface area contributed by atoms with Gasteiger partial charge in [-0.2, -0.15) is 0 Å². The Morgan fingerprint density at radius 1 is 1.21 bits per heavy atom. The number of nitrogens with zero attached hydrogens (tertiary/aromatic N) is 1. The lowest BCUT2D eigenvalue weighted by atomic mass is 10.2. The van der Waals surface area contributed by atoms with Crippen LogP contribution in [0.25, 0.3) is 0 Å². The van der Waals surface area contributed by atoms with E-state index in [4.69, 9.17) is 17.0 Å². The molecular weight excluding hydrogens is 452 g/mol. The van der Waals surface area contributed by atoms with E-state index in [9.17, 15) is 19.7 Å². The van der Waals surface area contributed by atoms with Crippen LogP contribution in [-0.2, 0) is 4.79 Å². The summed E-state index contributed by atoms with van der Waals surface area (Å²) in [5.41, 5.74) is 5.43. The van der Waals surface area contributed by atoms with Gasteiger partial charge in [-0.05, 0) is 49.0 Å². The smallest absolute Gasteiger partial charge is 0.276 e. The van der Waals surface area contributed by atoms with Gasteiger partial charge in [-0.3, -0.25) is 35.9 Å². The van der Waals surface area contributed by atoms with Crippen LogP contribution < -0.4 is 20.9 Å². The minimum absolute atomic E-state index is 0.0543. The second-order valence-corrected chi connectivity index (χ2v) is 6.73. The molecule has 146 valence electrons. The number of aryl methyl sites for hydroxylation is 1. The summed E-state index contributed by atoms with van der Waals surface area (Å²) >= 11 is 8.28. The number of nitro benzene ring substituents is 1. The normalized spacial score (nSPS) is 9.93. The van der Waals surface area contributed by atoms with Crippen molar-refractivity contribution in [2.45, 2.75) is 6.92 Å². The number of thiocarbonyl (C=S) groups is 1. The molecule has 0 aliphatic rings. The average Bonchev–Trinajstić information content (AvgIpc) is 2.67. The molecule has 3 N–H and O–H groups in total. The molecule has 0 fully saturated rings. The lowest BCUT2D eigenvalue weighted by molar-refractivity contribution is -0.384. The molecule has 28 heavy (non-hydrogen) atoms. The Morgan fingerprint density at radius 3 is 2.64 bits per heavy atom. The van der Waals surface area contributed by atoms with Gasteiger partial charge in [-0.1, -0.05) is 22.0 Å². The lowest BCUT2D eigenvalue weighted by Crippen LogP contribution is -2.49. The van der Waals surface area contributed by atoms with E-state index < -0.39 is 16.7 Å². The second-order valence-electron chi connectivity index (χ2n) is 5.46. The molecule has 0 bridgehead atoms. The van der Waals surface area contributed by atoms with Crippen molar-refractivity contribution in [3.8, 4) is 5.75 Å². The maximum atomic E-state index is 12.0. The van der Waals surface area contributed by atoms with Gasteiger partial charge in [-0.15, -0.1) is 0 Å². The highest BCUT2D eigenvalue weighted by molar-refractivity contribution is 9.10. The van der Waals surface area contributed by atoms with E-state index in [0.29, 0.717) is 5.75 Å². The number of halogens is 1. The van der Waals surface area contributed by atoms with Crippen molar-refractivity contribution in [3.63, 3.8) is 0 Å². The molecule has 0 radical (unpaired) electrons. The first-order chi connectivity index (χ1) is 13.3. The van der Waals surface area contributed by atoms with Gasteiger partial charge in [0.05, 0.1) is 4.92 Å². The van der Waals surface area contributed by atoms with Gasteiger partial charge in [-0.25, -0.2) is 0 Å². The van der Waals surface area contributed by atoms with Crippen molar-refractivity contribution < 1.29 is 19.2 Å². The fraction of sp³-hybridized carbons (Fsp3) is 0.118. The zero-order chi connectivity index (χ0) is 20.7. The summed E-state index contributed by atoms with van der Waals surface area (Å²) in [5.74, 6) is -0.651. The van der Waals surface area contributed by atoms with Gasteiger partial charge in [0, 0.05) is 22.2 Å². The van der Waals surface area contributed by atoms with Crippen LogP contribution in [0.4, 0.5) is 5.69 Å². The molecule has 9 nitrogen and oxygen atoms in total. The lowest BCUT2D eigenvalue weighted by Gasteiger charge is -2.12. The van der Waals surface area contributed by atoms with Crippen LogP contribution in [0.15, 0.2) is 46.9 Å². The Labute approximate surface area is 173 Å². The van der Waals surface area contributed by atoms with Crippen LogP contribution in [0, 0.1) is 17.0 Å². The summed E-state index contributed by atoms with van der Waals surface area (Å²) in [5, 5.41) is 12.9. The monoisotopic (exact) mass is 466 g/mol. The van der Waals surface area contributed by atoms with Crippen LogP contribution in [0.1, 0.15) is 15.9 Å². The number of non-ortho nitro benzene ring substituents is 1. The van der Waals surface area contributed by atoms with Crippen molar-refractivity contribution in [2.75, 3.05) is 6.61 Å². The summed E-state index contributed by atoms with van der Waals surface area (Å²) in [7, 11) is 0. The number of amides is 2. The minimum Gasteiger partial charge on any atom is -0.484 e. The number of hydrazine groups is 1. The number of hydrogen-bond acceptors (Lipinski definition) is 6. The fourth-order valence-electron chi connectivity index (χ4n) is 1.99. The quantitative estimate of drug-likeness (QED) is 0.351. The van der Waals surface area contributed by atoms with E-state index in [-0.39, 0.29) is 23.0 Å². The third-order valence-corrected chi connectivity index (χ3v) is 4.45. The van der Waals surface area contributed by atoms with Crippen LogP contribution in [0.2, 0.25) is 0 Å². The summed E-state index contributed by atoms with van der Waals surface area (Å²) in [4.78, 5) is 34.0. The number of nitro groups is 1. The number of ether oxygens (including phenoxy) is 1. The zero-order valence-corrected chi connectivity index (χ0v) is 16.9. The van der Waals surface area contributed by atoms with Crippen molar-refractivity contribution in [3.05, 3.63) is 68.2 Å². The zero-order valence-electron chi connectivity index (χ0n) is 14.5. The first kappa shape index (κ1) is 21.3. The predicted molar refractivity (Wildman–Crippen MR) is 109 cm³/mol. The van der Waals surface area contributed by atoms with Gasteiger partial charge in [0.1, 0.15) is 5.75 Å². The highest BCUT2D eigenvalue weighted by atomic mass is 79.9. The first-order valence-corrected chi connectivity index (χ1v) is 9.00. The largest absolute Gasteiger partial charge is 0.484 e. The topological polar surface area (TPSA) is 123 Å². The highest BCUT2D eigenvalue weighted by Gasteiger charge is 2.13. The van der Waals surface area contributed by atoms with Gasteiger partial charge in [0.2, 0.25) is 0 Å². The molecule has 11 heteroatoms. The Kier molecular flexibility index (Phi) is 7.41. The number of benzene rings is 2. The van der Waals surface area contributed by atoms with E-state index in [2.05, 4.69) is 32.1 Å². The SMILES string of the molecule is Cc1cc(OCC(=O)NNC(=S)NC(=O)c2cccc([N+](=O)[O-])c2)ccc1Br. The van der Waals surface area contributed by atoms with Crippen molar-refractivity contribution in [1.29, 1.82) is 0 Å². The Hall–Kier alpha value is -3.05. The number of carbonyl (C=O) groups excluding carboxylic acids is 2. The number of carbonyl (C=O) groups is 2. The molecule has 2 aromatic carbocycles. The minimum atomic E-state index is -0.656. The standard InChI is InChI=1S/C17H15BrN4O5S/c1-10-7-13(5-6-14(10)18)27-9-15(23)20-21-17(28)19-16(24)11-3-2-4-12(8-11)22(25)26/h2-8H,9H2,1H3,(H,20,23)(H2,19,21,24,28). The molecule has 2 rings (SSSR count). The third kappa shape index (κ3) is 6.28. The third-order valence-electron chi connectivity index (χ3n) is 3.36. The molecule has 2 aromatic rings. The van der Waals surface area contributed by atoms with Crippen LogP contribution >= 0.6 is 28.1 Å². The van der Waals surface area contributed by atoms with E-state index in [1.807, 2.05) is 6.92 Å². The molecule has 0 heterocycles. The van der Waals surface area contributed by atoms with Gasteiger partial charge < -0.3 is 4.74 Å². The maximum Gasteiger partial charge on any atom is 0.276 e. The number of nitrogens with one attached hydrogen (secondary N) is 3. The molecule has 0 saturated carbocycles. The molecule has 0 spiro atoms. The summed E-state index contributed by atoms with van der Waals surface area (Å²) < 4.78 is 6.28. The maximum absolute atomic E-state index is 12.0. The molecule has 0 unspecified atom stereocenters. The first-order valence-electron chi connectivity index (χ1n) is 7.80. The van der Waals surface area contributed by atoms with Gasteiger partial charge in [0.25, 0.3) is 17.5 Å². The van der Waals surface area contributed by atoms with Gasteiger partial charge in [0.15, 0.2) is 11.7 Å². The van der Waals surface area contributed by atoms with E-state index in [1.165, 1.54) is 18.2 Å². The van der Waals surface area contributed by atoms with Crippen molar-refractivity contribution >= 4 is 50.8 Å². The summed E-state index contributed by atoms with van der Waals surface area (Å²) in [6.45, 7) is 1.62. The summed E-state index contributed by atoms with van der Waals surface area (Å²) in [6.07, 6.45) is 0. The fourth-order valence-corrected chi connectivity index (χ4v) is 2.38. The number of rotatable bonds is 5. The van der Waals surface area contributed by atoms with E-state index >= 15 is 0 Å². The molecule has 0 saturated heterocycles. The molecule has 0 aromatic heterocycles. The molecule has 0 atom stereocenters. The van der Waals surface area contributed by atoms with Crippen LogP contribution in [0.3, 0.4) is 0 Å². The summed E-state index contributed by atoms with van der Waals surface area (Å²) in [6, 6.07) is 10.4. The Bertz CT molecular complexity index is 938. The van der Waals surface area contributed by atoms with Crippen molar-refractivity contribution in [2.24, 2.45) is 0 Å². The van der Waals surface area contributed by atoms with E-state index in [1.54, 1.807) is 18.2 Å². The number of hydrogen-bond donors (Lipinski definition) is 3. The van der Waals surface area contributed by atoms with E-state index in [0.717, 1.165) is 16.1 Å². The van der Waals surface area contributed by atoms with Crippen LogP contribution in [-0.4, -0.2) is 28.5 Å². The molecule has 2 amide bonds.